The molecule has 4 saturated heterocycles. The summed E-state index contributed by atoms with van der Waals surface area (Å²) in [5.74, 6) is 0. The van der Waals surface area contributed by atoms with Gasteiger partial charge in [-0.15, -0.1) is 0 Å². The molecule has 0 amide bonds. The molecule has 4 heterocycles. The van der Waals surface area contributed by atoms with E-state index in [-0.39, 0.29) is 18.9 Å². The van der Waals surface area contributed by atoms with Crippen LogP contribution >= 0.6 is 0 Å². The maximum atomic E-state index is 10.9. The fourth-order valence-electron chi connectivity index (χ4n) is 5.91. The van der Waals surface area contributed by atoms with Crippen molar-refractivity contribution in [3.05, 3.63) is 0 Å². The van der Waals surface area contributed by atoms with Crippen molar-refractivity contribution in [3.8, 4) is 0 Å². The predicted molar refractivity (Wildman–Crippen MR) is 132 cm³/mol. The van der Waals surface area contributed by atoms with E-state index in [2.05, 4.69) is 0 Å². The highest BCUT2D eigenvalue weighted by molar-refractivity contribution is 4.89. The minimum Gasteiger partial charge on any atom is -0.390 e. The van der Waals surface area contributed by atoms with Gasteiger partial charge in [-0.05, 0) is 27.7 Å². The first kappa shape index (κ1) is 31.4. The molecule has 4 rings (SSSR count). The van der Waals surface area contributed by atoms with E-state index < -0.39 is 92.3 Å². The van der Waals surface area contributed by atoms with Crippen LogP contribution in [0.25, 0.3) is 0 Å². The molecule has 0 spiro atoms. The van der Waals surface area contributed by atoms with E-state index in [4.69, 9.17) is 42.6 Å². The molecule has 0 aromatic rings. The first-order valence-corrected chi connectivity index (χ1v) is 13.9. The smallest absolute Gasteiger partial charge is 0.161 e. The summed E-state index contributed by atoms with van der Waals surface area (Å²) in [6.45, 7) is 7.11. The van der Waals surface area contributed by atoms with Crippen LogP contribution in [0.4, 0.5) is 0 Å². The van der Waals surface area contributed by atoms with Crippen LogP contribution in [0.1, 0.15) is 53.4 Å². The molecule has 0 aromatic heterocycles. The number of methoxy groups -OCH3 is 2. The number of ether oxygens (including phenoxy) is 9. The zero-order valence-corrected chi connectivity index (χ0v) is 23.5. The van der Waals surface area contributed by atoms with E-state index in [0.29, 0.717) is 12.8 Å². The third-order valence-corrected chi connectivity index (χ3v) is 8.10. The van der Waals surface area contributed by atoms with Crippen LogP contribution in [-0.4, -0.2) is 133 Å². The van der Waals surface area contributed by atoms with Crippen molar-refractivity contribution in [2.75, 3.05) is 14.2 Å². The van der Waals surface area contributed by atoms with E-state index in [1.165, 1.54) is 0 Å². The molecule has 4 N–H and O–H groups in total. The van der Waals surface area contributed by atoms with Gasteiger partial charge in [-0.3, -0.25) is 0 Å². The standard InChI is InChI=1S/C26H46O13/c1-11-23(30)17(31-5)9-21(34-11)39-26-14(4)36-22(10-18(26)32-6)38-25-13(3)35-20(8-16(25)28)37-24-12(2)33-19(29)7-15(24)27/h11-30H,7-10H2,1-6H3/t11-,12+,13+,14+,15-,16-,17+,18+,19+,20-,21-,22-,23-,24+,25+,26+/m0/s1. The third kappa shape index (κ3) is 7.47. The summed E-state index contributed by atoms with van der Waals surface area (Å²) in [6, 6.07) is 0. The van der Waals surface area contributed by atoms with E-state index in [1.807, 2.05) is 6.92 Å². The van der Waals surface area contributed by atoms with Crippen molar-refractivity contribution in [2.24, 2.45) is 0 Å². The molecule has 39 heavy (non-hydrogen) atoms. The number of aliphatic hydroxyl groups is 4. The average molecular weight is 567 g/mol. The lowest BCUT2D eigenvalue weighted by Crippen LogP contribution is -2.57. The number of aliphatic hydroxyl groups excluding tert-OH is 4. The molecule has 4 aliphatic heterocycles. The first-order chi connectivity index (χ1) is 18.5. The van der Waals surface area contributed by atoms with E-state index in [0.717, 1.165) is 0 Å². The Bertz CT molecular complexity index is 735. The fourth-order valence-corrected chi connectivity index (χ4v) is 5.91. The third-order valence-electron chi connectivity index (χ3n) is 8.10. The van der Waals surface area contributed by atoms with Crippen LogP contribution in [-0.2, 0) is 42.6 Å². The summed E-state index contributed by atoms with van der Waals surface area (Å²) in [6.07, 6.45) is -9.33. The van der Waals surface area contributed by atoms with Crippen LogP contribution < -0.4 is 0 Å². The second-order valence-electron chi connectivity index (χ2n) is 11.0. The van der Waals surface area contributed by atoms with Crippen molar-refractivity contribution in [2.45, 2.75) is 152 Å². The van der Waals surface area contributed by atoms with Gasteiger partial charge < -0.3 is 63.1 Å². The van der Waals surface area contributed by atoms with Gasteiger partial charge in [0, 0.05) is 39.9 Å². The molecule has 228 valence electrons. The van der Waals surface area contributed by atoms with E-state index >= 15 is 0 Å². The Morgan fingerprint density at radius 3 is 1.49 bits per heavy atom. The molecule has 16 atom stereocenters. The van der Waals surface area contributed by atoms with Crippen LogP contribution in [0, 0.1) is 0 Å². The Kier molecular flexibility index (Phi) is 11.0. The molecule has 0 radical (unpaired) electrons. The lowest BCUT2D eigenvalue weighted by atomic mass is 9.99. The number of hydrogen-bond acceptors (Lipinski definition) is 13. The molecular weight excluding hydrogens is 520 g/mol. The van der Waals surface area contributed by atoms with E-state index in [9.17, 15) is 20.4 Å². The predicted octanol–water partition coefficient (Wildman–Crippen LogP) is -0.213. The molecule has 4 aliphatic rings. The Balaban J connectivity index is 1.30. The molecule has 0 aliphatic carbocycles. The average Bonchev–Trinajstić information content (AvgIpc) is 2.87. The quantitative estimate of drug-likeness (QED) is 0.305. The van der Waals surface area contributed by atoms with Crippen LogP contribution in [0.3, 0.4) is 0 Å². The monoisotopic (exact) mass is 566 g/mol. The molecule has 13 heteroatoms. The summed E-state index contributed by atoms with van der Waals surface area (Å²) in [4.78, 5) is 0. The van der Waals surface area contributed by atoms with Gasteiger partial charge in [-0.2, -0.15) is 0 Å². The highest BCUT2D eigenvalue weighted by Crippen LogP contribution is 2.34. The maximum Gasteiger partial charge on any atom is 0.161 e. The molecule has 0 unspecified atom stereocenters. The van der Waals surface area contributed by atoms with Gasteiger partial charge in [0.05, 0.1) is 48.8 Å². The van der Waals surface area contributed by atoms with Gasteiger partial charge in [-0.25, -0.2) is 0 Å². The summed E-state index contributed by atoms with van der Waals surface area (Å²) in [5.41, 5.74) is 0. The van der Waals surface area contributed by atoms with Gasteiger partial charge in [0.2, 0.25) is 0 Å². The Morgan fingerprint density at radius 2 is 0.949 bits per heavy atom. The van der Waals surface area contributed by atoms with Crippen LogP contribution in [0.15, 0.2) is 0 Å². The van der Waals surface area contributed by atoms with Crippen molar-refractivity contribution >= 4 is 0 Å². The Hall–Kier alpha value is -0.520. The fraction of sp³-hybridized carbons (Fsp3) is 1.00. The highest BCUT2D eigenvalue weighted by atomic mass is 16.7. The SMILES string of the molecule is CO[C@@H]1C[C@H](O[C@@H]2[C@@H](C)O[C@@H](O[C@H]3[C@@H](O)C[C@H](O[C@H]4[C@@H](O)C[C@H](O)O[C@@H]4C)O[C@@H]3C)C[C@H]2OC)O[C@@H](C)[C@@H]1O. The molecule has 0 saturated carbocycles. The van der Waals surface area contributed by atoms with E-state index in [1.54, 1.807) is 35.0 Å². The molecular formula is C26H46O13. The zero-order valence-electron chi connectivity index (χ0n) is 23.5. The molecule has 4 fully saturated rings. The molecule has 13 nitrogen and oxygen atoms in total. The van der Waals surface area contributed by atoms with Crippen LogP contribution in [0.2, 0.25) is 0 Å². The summed E-state index contributed by atoms with van der Waals surface area (Å²) in [7, 11) is 3.14. The summed E-state index contributed by atoms with van der Waals surface area (Å²) >= 11 is 0. The molecule has 0 aromatic carbocycles. The van der Waals surface area contributed by atoms with Crippen molar-refractivity contribution < 1.29 is 63.1 Å². The van der Waals surface area contributed by atoms with Crippen molar-refractivity contribution in [3.63, 3.8) is 0 Å². The lowest BCUT2D eigenvalue weighted by molar-refractivity contribution is -0.343. The van der Waals surface area contributed by atoms with Crippen LogP contribution in [0.5, 0.6) is 0 Å². The molecule has 0 bridgehead atoms. The summed E-state index contributed by atoms with van der Waals surface area (Å²) < 4.78 is 52.8. The zero-order chi connectivity index (χ0) is 28.4. The largest absolute Gasteiger partial charge is 0.390 e. The Morgan fingerprint density at radius 1 is 0.513 bits per heavy atom. The highest BCUT2D eigenvalue weighted by Gasteiger charge is 2.46. The Labute approximate surface area is 229 Å². The topological polar surface area (TPSA) is 164 Å². The lowest BCUT2D eigenvalue weighted by Gasteiger charge is -2.46. The van der Waals surface area contributed by atoms with Gasteiger partial charge in [0.25, 0.3) is 0 Å². The van der Waals surface area contributed by atoms with Gasteiger partial charge in [0.1, 0.15) is 24.4 Å². The second-order valence-corrected chi connectivity index (χ2v) is 11.0. The minimum absolute atomic E-state index is 0.0367. The number of rotatable bonds is 8. The van der Waals surface area contributed by atoms with Gasteiger partial charge in [0.15, 0.2) is 25.2 Å². The van der Waals surface area contributed by atoms with Crippen molar-refractivity contribution in [1.82, 2.24) is 0 Å². The van der Waals surface area contributed by atoms with Gasteiger partial charge >= 0.3 is 0 Å². The maximum absolute atomic E-state index is 10.9. The second kappa shape index (κ2) is 13.6. The van der Waals surface area contributed by atoms with Crippen molar-refractivity contribution in [1.29, 1.82) is 0 Å². The number of hydrogen-bond donors (Lipinski definition) is 4. The minimum atomic E-state index is -1.04. The first-order valence-electron chi connectivity index (χ1n) is 13.9. The normalized spacial score (nSPS) is 51.5. The summed E-state index contributed by atoms with van der Waals surface area (Å²) in [5, 5.41) is 41.1. The van der Waals surface area contributed by atoms with Gasteiger partial charge in [-0.1, -0.05) is 0 Å².